The highest BCUT2D eigenvalue weighted by molar-refractivity contribution is 8.00. The monoisotopic (exact) mass is 510 g/mol. The zero-order chi connectivity index (χ0) is 26.4. The van der Waals surface area contributed by atoms with Gasteiger partial charge < -0.3 is 14.2 Å². The fourth-order valence-corrected chi connectivity index (χ4v) is 4.81. The number of aryl methyl sites for hydroxylation is 1. The second-order valence-electron chi connectivity index (χ2n) is 8.20. The van der Waals surface area contributed by atoms with Gasteiger partial charge >= 0.3 is 0 Å². The van der Waals surface area contributed by atoms with Crippen molar-refractivity contribution < 1.29 is 19.0 Å². The van der Waals surface area contributed by atoms with E-state index in [2.05, 4.69) is 6.07 Å². The van der Waals surface area contributed by atoms with Gasteiger partial charge in [0, 0.05) is 16.7 Å². The molecule has 0 fully saturated rings. The molecule has 0 saturated carbocycles. The third-order valence-electron chi connectivity index (χ3n) is 5.86. The Kier molecular flexibility index (Phi) is 8.11. The van der Waals surface area contributed by atoms with E-state index in [1.165, 1.54) is 11.8 Å². The Balaban J connectivity index is 1.84. The lowest BCUT2D eigenvalue weighted by Gasteiger charge is -2.16. The molecule has 1 heterocycles. The Morgan fingerprint density at radius 1 is 0.892 bits per heavy atom. The van der Waals surface area contributed by atoms with Crippen molar-refractivity contribution in [3.8, 4) is 45.7 Å². The molecule has 6 nitrogen and oxygen atoms in total. The van der Waals surface area contributed by atoms with Crippen molar-refractivity contribution in [2.75, 3.05) is 27.1 Å². The van der Waals surface area contributed by atoms with Crippen molar-refractivity contribution in [2.45, 2.75) is 11.9 Å². The molecule has 37 heavy (non-hydrogen) atoms. The average molecular weight is 511 g/mol. The topological polar surface area (TPSA) is 81.4 Å². The minimum atomic E-state index is -0.0323. The maximum absolute atomic E-state index is 12.9. The Labute approximate surface area is 220 Å². The van der Waals surface area contributed by atoms with Gasteiger partial charge in [0.05, 0.1) is 38.3 Å². The fourth-order valence-electron chi connectivity index (χ4n) is 3.91. The van der Waals surface area contributed by atoms with Crippen molar-refractivity contribution in [1.29, 1.82) is 5.26 Å². The number of ether oxygens (including phenoxy) is 3. The van der Waals surface area contributed by atoms with Crippen LogP contribution >= 0.6 is 11.8 Å². The lowest BCUT2D eigenvalue weighted by Crippen LogP contribution is -2.04. The first-order valence-electron chi connectivity index (χ1n) is 11.5. The minimum absolute atomic E-state index is 0.0323. The maximum Gasteiger partial charge on any atom is 0.203 e. The normalized spacial score (nSPS) is 10.5. The smallest absolute Gasteiger partial charge is 0.203 e. The molecular weight excluding hydrogens is 484 g/mol. The number of Topliss-reactive ketones (excluding diaryl/α,β-unsaturated/α-hetero) is 1. The summed E-state index contributed by atoms with van der Waals surface area (Å²) in [6.07, 6.45) is 0. The van der Waals surface area contributed by atoms with Gasteiger partial charge in [0.1, 0.15) is 11.1 Å². The van der Waals surface area contributed by atoms with Crippen LogP contribution in [0.4, 0.5) is 0 Å². The zero-order valence-corrected chi connectivity index (χ0v) is 21.9. The highest BCUT2D eigenvalue weighted by atomic mass is 32.2. The molecule has 0 amide bonds. The van der Waals surface area contributed by atoms with E-state index < -0.39 is 0 Å². The second-order valence-corrected chi connectivity index (χ2v) is 9.17. The summed E-state index contributed by atoms with van der Waals surface area (Å²) in [5.41, 5.74) is 5.03. The number of hydrogen-bond acceptors (Lipinski definition) is 7. The van der Waals surface area contributed by atoms with Crippen LogP contribution < -0.4 is 14.2 Å². The van der Waals surface area contributed by atoms with Crippen molar-refractivity contribution in [2.24, 2.45) is 0 Å². The fraction of sp³-hybridized carbons (Fsp3) is 0.167. The summed E-state index contributed by atoms with van der Waals surface area (Å²) in [4.78, 5) is 17.7. The first kappa shape index (κ1) is 25.8. The van der Waals surface area contributed by atoms with Gasteiger partial charge in [-0.25, -0.2) is 4.98 Å². The highest BCUT2D eigenvalue weighted by Gasteiger charge is 2.21. The number of ketones is 1. The van der Waals surface area contributed by atoms with Crippen LogP contribution in [0.3, 0.4) is 0 Å². The van der Waals surface area contributed by atoms with Crippen molar-refractivity contribution in [1.82, 2.24) is 4.98 Å². The number of nitrogens with zero attached hydrogens (tertiary/aromatic N) is 2. The third kappa shape index (κ3) is 5.60. The molecule has 0 saturated heterocycles. The maximum atomic E-state index is 12.9. The molecule has 0 aliphatic heterocycles. The Bertz CT molecular complexity index is 1440. The number of rotatable bonds is 9. The number of thioether (sulfide) groups is 1. The Morgan fingerprint density at radius 2 is 1.54 bits per heavy atom. The molecule has 0 atom stereocenters. The first-order valence-corrected chi connectivity index (χ1v) is 12.5. The average Bonchev–Trinajstić information content (AvgIpc) is 2.95. The summed E-state index contributed by atoms with van der Waals surface area (Å²) >= 11 is 1.25. The summed E-state index contributed by atoms with van der Waals surface area (Å²) in [6.45, 7) is 1.98. The second kappa shape index (κ2) is 11.6. The Hall–Kier alpha value is -4.28. The number of benzene rings is 3. The van der Waals surface area contributed by atoms with Crippen molar-refractivity contribution in [3.63, 3.8) is 0 Å². The molecule has 4 aromatic rings. The summed E-state index contributed by atoms with van der Waals surface area (Å²) in [5, 5.41) is 10.7. The first-order chi connectivity index (χ1) is 18.0. The number of nitriles is 1. The molecule has 7 heteroatoms. The minimum Gasteiger partial charge on any atom is -0.493 e. The van der Waals surface area contributed by atoms with Crippen LogP contribution in [0.1, 0.15) is 21.5 Å². The molecule has 0 N–H and O–H groups in total. The van der Waals surface area contributed by atoms with Crippen LogP contribution in [-0.2, 0) is 0 Å². The Morgan fingerprint density at radius 3 is 2.11 bits per heavy atom. The zero-order valence-electron chi connectivity index (χ0n) is 21.1. The number of hydrogen-bond donors (Lipinski definition) is 0. The van der Waals surface area contributed by atoms with Gasteiger partial charge in [0.25, 0.3) is 0 Å². The van der Waals surface area contributed by atoms with Gasteiger partial charge in [0.2, 0.25) is 5.75 Å². The van der Waals surface area contributed by atoms with Crippen LogP contribution in [0.5, 0.6) is 17.2 Å². The van der Waals surface area contributed by atoms with E-state index in [1.807, 2.05) is 67.6 Å². The SMILES string of the molecule is COc1cc(-c2cc(-c3ccccc3)nc(SCC(=O)c3ccc(C)cc3)c2C#N)cc(OC)c1OC. The van der Waals surface area contributed by atoms with E-state index in [-0.39, 0.29) is 11.5 Å². The van der Waals surface area contributed by atoms with Gasteiger partial charge in [-0.15, -0.1) is 0 Å². The summed E-state index contributed by atoms with van der Waals surface area (Å²) < 4.78 is 16.6. The van der Waals surface area contributed by atoms with E-state index in [1.54, 1.807) is 33.5 Å². The molecule has 0 aliphatic carbocycles. The van der Waals surface area contributed by atoms with E-state index >= 15 is 0 Å². The van der Waals surface area contributed by atoms with E-state index in [0.29, 0.717) is 50.2 Å². The van der Waals surface area contributed by atoms with Crippen LogP contribution in [0.25, 0.3) is 22.4 Å². The number of carbonyl (C=O) groups excluding carboxylic acids is 1. The number of aromatic nitrogens is 1. The van der Waals surface area contributed by atoms with Gasteiger partial charge in [-0.1, -0.05) is 71.9 Å². The lowest BCUT2D eigenvalue weighted by molar-refractivity contribution is 0.102. The van der Waals surface area contributed by atoms with Crippen LogP contribution in [0.15, 0.2) is 77.8 Å². The third-order valence-corrected chi connectivity index (χ3v) is 6.83. The highest BCUT2D eigenvalue weighted by Crippen LogP contribution is 2.43. The molecule has 0 spiro atoms. The van der Waals surface area contributed by atoms with Gasteiger partial charge in [-0.3, -0.25) is 4.79 Å². The predicted molar refractivity (Wildman–Crippen MR) is 146 cm³/mol. The molecule has 4 rings (SSSR count). The predicted octanol–water partition coefficient (Wildman–Crippen LogP) is 6.60. The van der Waals surface area contributed by atoms with Crippen LogP contribution in [0, 0.1) is 18.3 Å². The molecule has 0 aliphatic rings. The lowest BCUT2D eigenvalue weighted by atomic mass is 9.98. The molecule has 3 aromatic carbocycles. The molecular formula is C30H26N2O4S. The summed E-state index contributed by atoms with van der Waals surface area (Å²) in [6, 6.07) is 25.0. The van der Waals surface area contributed by atoms with Gasteiger partial charge in [-0.2, -0.15) is 5.26 Å². The number of methoxy groups -OCH3 is 3. The number of carbonyl (C=O) groups is 1. The van der Waals surface area contributed by atoms with Crippen molar-refractivity contribution in [3.05, 3.63) is 89.5 Å². The van der Waals surface area contributed by atoms with Crippen LogP contribution in [-0.4, -0.2) is 37.8 Å². The van der Waals surface area contributed by atoms with E-state index in [9.17, 15) is 10.1 Å². The van der Waals surface area contributed by atoms with Gasteiger partial charge in [-0.05, 0) is 30.7 Å². The quantitative estimate of drug-likeness (QED) is 0.185. The molecule has 0 unspecified atom stereocenters. The summed E-state index contributed by atoms with van der Waals surface area (Å²) in [5.74, 6) is 1.53. The number of pyridine rings is 1. The molecule has 1 aromatic heterocycles. The van der Waals surface area contributed by atoms with Crippen LogP contribution in [0.2, 0.25) is 0 Å². The summed E-state index contributed by atoms with van der Waals surface area (Å²) in [7, 11) is 4.64. The molecule has 0 radical (unpaired) electrons. The van der Waals surface area contributed by atoms with Gasteiger partial charge in [0.15, 0.2) is 17.3 Å². The standard InChI is InChI=1S/C30H26N2O4S/c1-19-10-12-21(13-11-19)26(33)18-37-30-24(17-31)23(16-25(32-30)20-8-6-5-7-9-20)22-14-27(34-2)29(36-4)28(15-22)35-3/h5-16H,18H2,1-4H3. The largest absolute Gasteiger partial charge is 0.493 e. The van der Waals surface area contributed by atoms with Crippen molar-refractivity contribution >= 4 is 17.5 Å². The molecule has 186 valence electrons. The van der Waals surface area contributed by atoms with E-state index in [0.717, 1.165) is 11.1 Å². The molecule has 0 bridgehead atoms. The van der Waals surface area contributed by atoms with E-state index in [4.69, 9.17) is 19.2 Å².